The number of phenols is 1. The van der Waals surface area contributed by atoms with E-state index in [9.17, 15) is 14.7 Å². The number of rotatable bonds is 5. The van der Waals surface area contributed by atoms with Crippen molar-refractivity contribution in [2.75, 3.05) is 26.2 Å². The van der Waals surface area contributed by atoms with Gasteiger partial charge < -0.3 is 24.8 Å². The highest BCUT2D eigenvalue weighted by molar-refractivity contribution is 5.94. The van der Waals surface area contributed by atoms with E-state index in [2.05, 4.69) is 10.3 Å². The molecule has 3 rings (SSSR count). The Hall–Kier alpha value is -3.13. The summed E-state index contributed by atoms with van der Waals surface area (Å²) in [6, 6.07) is 11.4. The van der Waals surface area contributed by atoms with Crippen LogP contribution in [0.15, 0.2) is 48.7 Å². The van der Waals surface area contributed by atoms with Gasteiger partial charge >= 0.3 is 6.09 Å². The van der Waals surface area contributed by atoms with Crippen molar-refractivity contribution in [2.24, 2.45) is 0 Å². The van der Waals surface area contributed by atoms with Crippen molar-refractivity contribution in [3.8, 4) is 5.75 Å². The minimum absolute atomic E-state index is 0.0991. The maximum Gasteiger partial charge on any atom is 0.410 e. The largest absolute Gasteiger partial charge is 0.508 e. The number of pyridine rings is 1. The molecule has 1 aromatic carbocycles. The van der Waals surface area contributed by atoms with Crippen LogP contribution in [0, 0.1) is 0 Å². The summed E-state index contributed by atoms with van der Waals surface area (Å²) in [6.07, 6.45) is 0.895. The number of morpholine rings is 1. The van der Waals surface area contributed by atoms with E-state index in [1.165, 1.54) is 24.3 Å². The average Bonchev–Trinajstić information content (AvgIpc) is 2.71. The highest BCUT2D eigenvalue weighted by atomic mass is 16.6. The molecule has 0 radical (unpaired) electrons. The van der Waals surface area contributed by atoms with E-state index in [-0.39, 0.29) is 30.9 Å². The third kappa shape index (κ3) is 5.42. The number of aromatic nitrogens is 1. The van der Waals surface area contributed by atoms with Crippen molar-refractivity contribution in [3.63, 3.8) is 0 Å². The minimum atomic E-state index is -0.432. The van der Waals surface area contributed by atoms with Crippen molar-refractivity contribution in [2.45, 2.75) is 12.7 Å². The van der Waals surface area contributed by atoms with E-state index in [0.717, 1.165) is 0 Å². The number of nitrogens with zero attached hydrogens (tertiary/aromatic N) is 2. The molecule has 2 heterocycles. The summed E-state index contributed by atoms with van der Waals surface area (Å²) >= 11 is 0. The molecule has 0 spiro atoms. The van der Waals surface area contributed by atoms with Crippen LogP contribution in [0.5, 0.6) is 5.75 Å². The maximum absolute atomic E-state index is 12.2. The summed E-state index contributed by atoms with van der Waals surface area (Å²) < 4.78 is 10.9. The van der Waals surface area contributed by atoms with Gasteiger partial charge in [-0.3, -0.25) is 9.78 Å². The number of benzene rings is 1. The first-order valence-electron chi connectivity index (χ1n) is 8.62. The topological polar surface area (TPSA) is 101 Å². The van der Waals surface area contributed by atoms with Crippen LogP contribution in [0.2, 0.25) is 0 Å². The average molecular weight is 371 g/mol. The molecule has 0 aliphatic carbocycles. The minimum Gasteiger partial charge on any atom is -0.508 e. The van der Waals surface area contributed by atoms with Crippen molar-refractivity contribution in [1.82, 2.24) is 15.2 Å². The fourth-order valence-corrected chi connectivity index (χ4v) is 2.64. The van der Waals surface area contributed by atoms with Crippen molar-refractivity contribution in [1.29, 1.82) is 0 Å². The van der Waals surface area contributed by atoms with E-state index in [1.54, 1.807) is 23.2 Å². The Morgan fingerprint density at radius 3 is 2.81 bits per heavy atom. The molecule has 1 aliphatic heterocycles. The van der Waals surface area contributed by atoms with Gasteiger partial charge in [0.25, 0.3) is 5.91 Å². The molecule has 8 nitrogen and oxygen atoms in total. The Morgan fingerprint density at radius 1 is 1.26 bits per heavy atom. The summed E-state index contributed by atoms with van der Waals surface area (Å²) in [4.78, 5) is 30.0. The first kappa shape index (κ1) is 18.7. The van der Waals surface area contributed by atoms with Crippen LogP contribution in [-0.2, 0) is 16.1 Å². The lowest BCUT2D eigenvalue weighted by Crippen LogP contribution is -2.49. The Bertz CT molecular complexity index is 767. The fraction of sp³-hybridized carbons (Fsp3) is 0.316. The van der Waals surface area contributed by atoms with Crippen LogP contribution in [0.4, 0.5) is 4.79 Å². The van der Waals surface area contributed by atoms with Crippen molar-refractivity contribution < 1.29 is 24.2 Å². The van der Waals surface area contributed by atoms with Gasteiger partial charge in [0, 0.05) is 24.8 Å². The van der Waals surface area contributed by atoms with Crippen LogP contribution < -0.4 is 5.32 Å². The normalized spacial score (nSPS) is 16.6. The highest BCUT2D eigenvalue weighted by Gasteiger charge is 2.25. The molecule has 0 unspecified atom stereocenters. The number of carbonyl (C=O) groups excluding carboxylic acids is 2. The van der Waals surface area contributed by atoms with Gasteiger partial charge in [-0.2, -0.15) is 0 Å². The number of aromatic hydroxyl groups is 1. The molecule has 0 saturated carbocycles. The molecule has 142 valence electrons. The smallest absolute Gasteiger partial charge is 0.410 e. The second-order valence-electron chi connectivity index (χ2n) is 6.07. The monoisotopic (exact) mass is 371 g/mol. The molecular weight excluding hydrogens is 350 g/mol. The molecule has 2 N–H and O–H groups in total. The molecule has 1 aliphatic rings. The molecule has 2 amide bonds. The van der Waals surface area contributed by atoms with Crippen LogP contribution in [0.1, 0.15) is 16.1 Å². The Labute approximate surface area is 156 Å². The Balaban J connectivity index is 1.45. The number of nitrogens with one attached hydrogen (secondary N) is 1. The quantitative estimate of drug-likeness (QED) is 0.827. The summed E-state index contributed by atoms with van der Waals surface area (Å²) in [5.41, 5.74) is 1.12. The van der Waals surface area contributed by atoms with Gasteiger partial charge in [0.2, 0.25) is 0 Å². The molecule has 1 fully saturated rings. The van der Waals surface area contributed by atoms with Crippen LogP contribution in [-0.4, -0.2) is 59.3 Å². The van der Waals surface area contributed by atoms with Gasteiger partial charge in [0.1, 0.15) is 12.4 Å². The first-order chi connectivity index (χ1) is 13.1. The molecule has 1 atom stereocenters. The summed E-state index contributed by atoms with van der Waals surface area (Å²) in [6.45, 7) is 1.52. The first-order valence-corrected chi connectivity index (χ1v) is 8.62. The predicted molar refractivity (Wildman–Crippen MR) is 96.2 cm³/mol. The van der Waals surface area contributed by atoms with Crippen LogP contribution in [0.25, 0.3) is 0 Å². The van der Waals surface area contributed by atoms with E-state index in [4.69, 9.17) is 9.47 Å². The summed E-state index contributed by atoms with van der Waals surface area (Å²) in [7, 11) is 0. The van der Waals surface area contributed by atoms with E-state index in [0.29, 0.717) is 31.0 Å². The van der Waals surface area contributed by atoms with Crippen molar-refractivity contribution >= 4 is 12.0 Å². The standard InChI is InChI=1S/C19H21N3O5/c23-16-6-4-14(5-7-16)18(24)21-11-17-12-22(9-10-26-17)19(25)27-13-15-3-1-2-8-20-15/h1-8,17,23H,9-13H2,(H,21,24)/t17-/m1/s1. The summed E-state index contributed by atoms with van der Waals surface area (Å²) in [5, 5.41) is 12.0. The van der Waals surface area contributed by atoms with Gasteiger partial charge in [-0.05, 0) is 36.4 Å². The molecule has 2 aromatic rings. The molecule has 0 bridgehead atoms. The zero-order valence-electron chi connectivity index (χ0n) is 14.7. The third-order valence-corrected chi connectivity index (χ3v) is 4.09. The lowest BCUT2D eigenvalue weighted by atomic mass is 10.2. The van der Waals surface area contributed by atoms with Crippen molar-refractivity contribution in [3.05, 3.63) is 59.9 Å². The molecular formula is C19H21N3O5. The summed E-state index contributed by atoms with van der Waals surface area (Å²) in [5.74, 6) is -0.171. The van der Waals surface area contributed by atoms with E-state index in [1.807, 2.05) is 6.07 Å². The second-order valence-corrected chi connectivity index (χ2v) is 6.07. The number of hydrogen-bond donors (Lipinski definition) is 2. The van der Waals surface area contributed by atoms with Gasteiger partial charge in [0.15, 0.2) is 0 Å². The number of ether oxygens (including phenoxy) is 2. The van der Waals surface area contributed by atoms with Crippen LogP contribution in [0.3, 0.4) is 0 Å². The van der Waals surface area contributed by atoms with Gasteiger partial charge in [-0.1, -0.05) is 6.07 Å². The number of phenolic OH excluding ortho intramolecular Hbond substituents is 1. The Morgan fingerprint density at radius 2 is 2.07 bits per heavy atom. The van der Waals surface area contributed by atoms with Gasteiger partial charge in [-0.15, -0.1) is 0 Å². The number of carbonyl (C=O) groups is 2. The molecule has 1 saturated heterocycles. The lowest BCUT2D eigenvalue weighted by Gasteiger charge is -2.32. The van der Waals surface area contributed by atoms with Gasteiger partial charge in [-0.25, -0.2) is 4.79 Å². The van der Waals surface area contributed by atoms with Crippen LogP contribution >= 0.6 is 0 Å². The predicted octanol–water partition coefficient (Wildman–Crippen LogP) is 1.55. The highest BCUT2D eigenvalue weighted by Crippen LogP contribution is 2.11. The van der Waals surface area contributed by atoms with E-state index < -0.39 is 6.09 Å². The number of amides is 2. The Kier molecular flexibility index (Phi) is 6.22. The second kappa shape index (κ2) is 9.00. The maximum atomic E-state index is 12.2. The zero-order valence-corrected chi connectivity index (χ0v) is 14.7. The number of hydrogen-bond acceptors (Lipinski definition) is 6. The molecule has 8 heteroatoms. The zero-order chi connectivity index (χ0) is 19.1. The molecule has 1 aromatic heterocycles. The van der Waals surface area contributed by atoms with Gasteiger partial charge in [0.05, 0.1) is 24.9 Å². The van der Waals surface area contributed by atoms with E-state index >= 15 is 0 Å². The molecule has 27 heavy (non-hydrogen) atoms. The lowest BCUT2D eigenvalue weighted by molar-refractivity contribution is -0.0265. The SMILES string of the molecule is O=C(NC[C@@H]1CN(C(=O)OCc2ccccn2)CCO1)c1ccc(O)cc1. The fourth-order valence-electron chi connectivity index (χ4n) is 2.64. The third-order valence-electron chi connectivity index (χ3n) is 4.09.